The quantitative estimate of drug-likeness (QED) is 0.903. The van der Waals surface area contributed by atoms with Gasteiger partial charge in [0.05, 0.1) is 11.3 Å². The summed E-state index contributed by atoms with van der Waals surface area (Å²) in [7, 11) is 0. The summed E-state index contributed by atoms with van der Waals surface area (Å²) in [5, 5.41) is 9.32. The molecule has 0 bridgehead atoms. The normalized spacial score (nSPS) is 18.7. The molecule has 18 heavy (non-hydrogen) atoms. The third kappa shape index (κ3) is 2.69. The first kappa shape index (κ1) is 13.4. The summed E-state index contributed by atoms with van der Waals surface area (Å²) in [6.45, 7) is 6.38. The minimum atomic E-state index is -0.873. The molecule has 0 aromatic heterocycles. The van der Waals surface area contributed by atoms with Crippen LogP contribution >= 0.6 is 15.9 Å². The summed E-state index contributed by atoms with van der Waals surface area (Å²) in [4.78, 5) is 13.5. The highest BCUT2D eigenvalue weighted by Crippen LogP contribution is 2.35. The van der Waals surface area contributed by atoms with Gasteiger partial charge in [-0.15, -0.1) is 0 Å². The van der Waals surface area contributed by atoms with Crippen molar-refractivity contribution in [3.63, 3.8) is 0 Å². The molecule has 1 fully saturated rings. The van der Waals surface area contributed by atoms with Crippen molar-refractivity contribution in [1.82, 2.24) is 0 Å². The van der Waals surface area contributed by atoms with Gasteiger partial charge in [0, 0.05) is 17.6 Å². The highest BCUT2D eigenvalue weighted by atomic mass is 79.9. The van der Waals surface area contributed by atoms with Gasteiger partial charge < -0.3 is 10.0 Å². The average Bonchev–Trinajstić information content (AvgIpc) is 2.28. The molecule has 1 saturated heterocycles. The number of aromatic carboxylic acids is 1. The van der Waals surface area contributed by atoms with E-state index < -0.39 is 5.97 Å². The lowest BCUT2D eigenvalue weighted by atomic mass is 9.82. The van der Waals surface area contributed by atoms with E-state index in [1.807, 2.05) is 12.1 Å². The molecule has 1 aromatic rings. The van der Waals surface area contributed by atoms with E-state index in [0.29, 0.717) is 15.5 Å². The Morgan fingerprint density at radius 1 is 1.33 bits per heavy atom. The van der Waals surface area contributed by atoms with Gasteiger partial charge >= 0.3 is 5.97 Å². The van der Waals surface area contributed by atoms with Crippen LogP contribution in [0.25, 0.3) is 0 Å². The van der Waals surface area contributed by atoms with Crippen LogP contribution in [0.1, 0.15) is 37.0 Å². The molecule has 1 N–H and O–H groups in total. The fraction of sp³-hybridized carbons (Fsp3) is 0.500. The highest BCUT2D eigenvalue weighted by molar-refractivity contribution is 9.10. The monoisotopic (exact) mass is 311 g/mol. The number of carbonyl (C=O) groups is 1. The first-order valence-corrected chi connectivity index (χ1v) is 6.97. The van der Waals surface area contributed by atoms with E-state index in [1.165, 1.54) is 0 Å². The third-order valence-corrected chi connectivity index (χ3v) is 4.32. The van der Waals surface area contributed by atoms with Crippen LogP contribution in [-0.2, 0) is 0 Å². The van der Waals surface area contributed by atoms with Crippen molar-refractivity contribution in [1.29, 1.82) is 0 Å². The number of carboxylic acid groups (broad SMARTS) is 1. The largest absolute Gasteiger partial charge is 0.478 e. The number of hydrogen-bond acceptors (Lipinski definition) is 2. The molecule has 0 amide bonds. The molecule has 1 aromatic carbocycles. The first-order valence-electron chi connectivity index (χ1n) is 6.17. The van der Waals surface area contributed by atoms with Gasteiger partial charge in [-0.1, -0.05) is 19.9 Å². The second-order valence-electron chi connectivity index (χ2n) is 5.59. The standard InChI is InChI=1S/C14H18BrNO2/c1-14(2)6-8-16(9-7-14)11-5-3-4-10(15)12(11)13(17)18/h3-5H,6-9H2,1-2H3,(H,17,18). The number of rotatable bonds is 2. The van der Waals surface area contributed by atoms with Crippen molar-refractivity contribution in [3.8, 4) is 0 Å². The summed E-state index contributed by atoms with van der Waals surface area (Å²) in [5.74, 6) is -0.873. The Labute approximate surface area is 116 Å². The number of anilines is 1. The van der Waals surface area contributed by atoms with E-state index in [2.05, 4.69) is 34.7 Å². The predicted octanol–water partition coefficient (Wildman–Crippen LogP) is 3.77. The van der Waals surface area contributed by atoms with E-state index >= 15 is 0 Å². The zero-order valence-electron chi connectivity index (χ0n) is 10.7. The molecule has 3 nitrogen and oxygen atoms in total. The molecule has 98 valence electrons. The Bertz CT molecular complexity index is 461. The van der Waals surface area contributed by atoms with Crippen LogP contribution in [0.3, 0.4) is 0 Å². The number of nitrogens with zero attached hydrogens (tertiary/aromatic N) is 1. The van der Waals surface area contributed by atoms with E-state index in [9.17, 15) is 9.90 Å². The van der Waals surface area contributed by atoms with Crippen LogP contribution in [-0.4, -0.2) is 24.2 Å². The number of benzene rings is 1. The van der Waals surface area contributed by atoms with Crippen molar-refractivity contribution < 1.29 is 9.90 Å². The molecule has 0 spiro atoms. The zero-order chi connectivity index (χ0) is 13.3. The Kier molecular flexibility index (Phi) is 3.66. The predicted molar refractivity (Wildman–Crippen MR) is 76.3 cm³/mol. The van der Waals surface area contributed by atoms with E-state index in [-0.39, 0.29) is 0 Å². The molecule has 2 rings (SSSR count). The van der Waals surface area contributed by atoms with Crippen LogP contribution in [0.4, 0.5) is 5.69 Å². The summed E-state index contributed by atoms with van der Waals surface area (Å²) < 4.78 is 0.650. The molecular weight excluding hydrogens is 294 g/mol. The van der Waals surface area contributed by atoms with Crippen LogP contribution < -0.4 is 4.90 Å². The van der Waals surface area contributed by atoms with Crippen molar-refractivity contribution in [2.45, 2.75) is 26.7 Å². The molecule has 0 saturated carbocycles. The lowest BCUT2D eigenvalue weighted by Gasteiger charge is -2.38. The molecule has 0 atom stereocenters. The molecule has 0 radical (unpaired) electrons. The molecular formula is C14H18BrNO2. The molecule has 0 aliphatic carbocycles. The van der Waals surface area contributed by atoms with Crippen LogP contribution in [0.5, 0.6) is 0 Å². The third-order valence-electron chi connectivity index (χ3n) is 3.66. The molecule has 4 heteroatoms. The van der Waals surface area contributed by atoms with Crippen molar-refractivity contribution >= 4 is 27.6 Å². The molecule has 1 heterocycles. The number of halogens is 1. The Morgan fingerprint density at radius 3 is 2.50 bits per heavy atom. The van der Waals surface area contributed by atoms with Gasteiger partial charge in [0.1, 0.15) is 0 Å². The smallest absolute Gasteiger partial charge is 0.338 e. The lowest BCUT2D eigenvalue weighted by Crippen LogP contribution is -2.38. The summed E-state index contributed by atoms with van der Waals surface area (Å²) >= 11 is 3.33. The Morgan fingerprint density at radius 2 is 1.94 bits per heavy atom. The van der Waals surface area contributed by atoms with Gasteiger partial charge in [0.15, 0.2) is 0 Å². The van der Waals surface area contributed by atoms with Gasteiger partial charge in [-0.05, 0) is 46.3 Å². The number of piperidine rings is 1. The maximum Gasteiger partial charge on any atom is 0.338 e. The fourth-order valence-electron chi connectivity index (χ4n) is 2.34. The highest BCUT2D eigenvalue weighted by Gasteiger charge is 2.27. The first-order chi connectivity index (χ1) is 8.41. The maximum atomic E-state index is 11.4. The minimum Gasteiger partial charge on any atom is -0.478 e. The minimum absolute atomic E-state index is 0.367. The van der Waals surface area contributed by atoms with Crippen LogP contribution in [0.15, 0.2) is 22.7 Å². The van der Waals surface area contributed by atoms with Crippen molar-refractivity contribution in [2.75, 3.05) is 18.0 Å². The fourth-order valence-corrected chi connectivity index (χ4v) is 2.87. The number of carboxylic acids is 1. The summed E-state index contributed by atoms with van der Waals surface area (Å²) in [6.07, 6.45) is 2.19. The Hall–Kier alpha value is -1.03. The van der Waals surface area contributed by atoms with Gasteiger partial charge in [0.2, 0.25) is 0 Å². The van der Waals surface area contributed by atoms with E-state index in [4.69, 9.17) is 0 Å². The summed E-state index contributed by atoms with van der Waals surface area (Å²) in [6, 6.07) is 5.57. The maximum absolute atomic E-state index is 11.4. The van der Waals surface area contributed by atoms with Gasteiger partial charge in [-0.2, -0.15) is 0 Å². The van der Waals surface area contributed by atoms with Gasteiger partial charge in [-0.3, -0.25) is 0 Å². The van der Waals surface area contributed by atoms with Crippen molar-refractivity contribution in [2.24, 2.45) is 5.41 Å². The second kappa shape index (κ2) is 4.92. The SMILES string of the molecule is CC1(C)CCN(c2cccc(Br)c2C(=O)O)CC1. The second-order valence-corrected chi connectivity index (χ2v) is 6.44. The Balaban J connectivity index is 2.30. The van der Waals surface area contributed by atoms with E-state index in [0.717, 1.165) is 31.6 Å². The average molecular weight is 312 g/mol. The van der Waals surface area contributed by atoms with E-state index in [1.54, 1.807) is 6.07 Å². The number of hydrogen-bond donors (Lipinski definition) is 1. The van der Waals surface area contributed by atoms with Crippen LogP contribution in [0, 0.1) is 5.41 Å². The molecule has 1 aliphatic heterocycles. The van der Waals surface area contributed by atoms with Crippen LogP contribution in [0.2, 0.25) is 0 Å². The topological polar surface area (TPSA) is 40.5 Å². The lowest BCUT2D eigenvalue weighted by molar-refractivity contribution is 0.0696. The van der Waals surface area contributed by atoms with Crippen molar-refractivity contribution in [3.05, 3.63) is 28.2 Å². The molecule has 1 aliphatic rings. The summed E-state index contributed by atoms with van der Waals surface area (Å²) in [5.41, 5.74) is 1.57. The molecule has 0 unspecified atom stereocenters. The zero-order valence-corrected chi connectivity index (χ0v) is 12.3. The van der Waals surface area contributed by atoms with Gasteiger partial charge in [0.25, 0.3) is 0 Å². The van der Waals surface area contributed by atoms with Gasteiger partial charge in [-0.25, -0.2) is 4.79 Å².